The Labute approximate surface area is 241 Å². The number of halogens is 2. The molecule has 5 aromatic rings. The zero-order valence-electron chi connectivity index (χ0n) is 23.8. The number of aromatic nitrogens is 6. The lowest BCUT2D eigenvalue weighted by Crippen LogP contribution is -2.46. The van der Waals surface area contributed by atoms with Gasteiger partial charge >= 0.3 is 0 Å². The quantitative estimate of drug-likeness (QED) is 0.265. The van der Waals surface area contributed by atoms with Gasteiger partial charge in [-0.25, -0.2) is 18.7 Å². The van der Waals surface area contributed by atoms with E-state index in [-0.39, 0.29) is 13.0 Å². The van der Waals surface area contributed by atoms with Gasteiger partial charge in [-0.3, -0.25) is 4.68 Å². The molecule has 4 heterocycles. The van der Waals surface area contributed by atoms with E-state index >= 15 is 8.78 Å². The van der Waals surface area contributed by atoms with Crippen LogP contribution < -0.4 is 24.4 Å². The van der Waals surface area contributed by atoms with Gasteiger partial charge in [0, 0.05) is 55.2 Å². The Kier molecular flexibility index (Phi) is 7.17. The number of hydrogen-bond donors (Lipinski definition) is 1. The van der Waals surface area contributed by atoms with Crippen molar-refractivity contribution < 1.29 is 23.0 Å². The molecule has 0 bridgehead atoms. The lowest BCUT2D eigenvalue weighted by Gasteiger charge is -2.37. The molecule has 3 aromatic heterocycles. The standard InChI is InChI=1S/C29H32F2N8O3/c1-5-38-16-20(14-33-38)37-15-19(12-29(30,31)17-37)26-35-27-22-7-6-8-23(41-3)25(22)34-28(39(27)36-26)32-13-18-9-10-21(40-2)11-24(18)42-4/h6-11,14,16,19H,5,12-13,15,17H2,1-4H3,(H,32,34)/t19-/m0/s1. The fourth-order valence-corrected chi connectivity index (χ4v) is 5.40. The van der Waals surface area contributed by atoms with Gasteiger partial charge in [-0.2, -0.15) is 9.61 Å². The predicted octanol–water partition coefficient (Wildman–Crippen LogP) is 4.76. The minimum absolute atomic E-state index is 0.324. The molecule has 11 nitrogen and oxygen atoms in total. The summed E-state index contributed by atoms with van der Waals surface area (Å²) in [7, 11) is 4.76. The number of nitrogens with one attached hydrogen (secondary N) is 1. The Balaban J connectivity index is 1.40. The summed E-state index contributed by atoms with van der Waals surface area (Å²) in [5.74, 6) is -0.947. The first kappa shape index (κ1) is 27.5. The summed E-state index contributed by atoms with van der Waals surface area (Å²) < 4.78 is 49.9. The number of aryl methyl sites for hydroxylation is 1. The molecule has 2 aromatic carbocycles. The second-order valence-corrected chi connectivity index (χ2v) is 10.2. The van der Waals surface area contributed by atoms with Crippen molar-refractivity contribution >= 4 is 28.2 Å². The summed E-state index contributed by atoms with van der Waals surface area (Å²) in [6.45, 7) is 2.91. The molecule has 0 amide bonds. The van der Waals surface area contributed by atoms with Crippen molar-refractivity contribution in [2.45, 2.75) is 38.3 Å². The first-order valence-corrected chi connectivity index (χ1v) is 13.7. The van der Waals surface area contributed by atoms with Crippen molar-refractivity contribution in [1.82, 2.24) is 29.4 Å². The number of fused-ring (bicyclic) bond motifs is 3. The van der Waals surface area contributed by atoms with Crippen LogP contribution in [0.5, 0.6) is 17.2 Å². The molecule has 0 spiro atoms. The predicted molar refractivity (Wildman–Crippen MR) is 154 cm³/mol. The minimum atomic E-state index is -2.93. The fraction of sp³-hybridized carbons (Fsp3) is 0.379. The number of anilines is 2. The smallest absolute Gasteiger partial charge is 0.266 e. The van der Waals surface area contributed by atoms with Crippen molar-refractivity contribution in [1.29, 1.82) is 0 Å². The average molecular weight is 579 g/mol. The summed E-state index contributed by atoms with van der Waals surface area (Å²) in [4.78, 5) is 11.3. The van der Waals surface area contributed by atoms with Gasteiger partial charge in [0.2, 0.25) is 5.95 Å². The van der Waals surface area contributed by atoms with Crippen molar-refractivity contribution in [3.05, 3.63) is 60.2 Å². The highest BCUT2D eigenvalue weighted by Crippen LogP contribution is 2.38. The van der Waals surface area contributed by atoms with Crippen LogP contribution in [0.1, 0.15) is 30.7 Å². The number of alkyl halides is 2. The van der Waals surface area contributed by atoms with E-state index in [0.717, 1.165) is 5.56 Å². The molecule has 1 fully saturated rings. The molecule has 1 saturated heterocycles. The molecular weight excluding hydrogens is 546 g/mol. The molecule has 0 radical (unpaired) electrons. The fourth-order valence-electron chi connectivity index (χ4n) is 5.40. The number of para-hydroxylation sites is 1. The van der Waals surface area contributed by atoms with Crippen LogP contribution >= 0.6 is 0 Å². The van der Waals surface area contributed by atoms with Crippen LogP contribution in [0.25, 0.3) is 16.6 Å². The highest BCUT2D eigenvalue weighted by molar-refractivity contribution is 5.96. The van der Waals surface area contributed by atoms with E-state index in [4.69, 9.17) is 29.3 Å². The minimum Gasteiger partial charge on any atom is -0.497 e. The van der Waals surface area contributed by atoms with Crippen molar-refractivity contribution in [3.63, 3.8) is 0 Å². The topological polar surface area (TPSA) is 104 Å². The molecule has 220 valence electrons. The average Bonchev–Trinajstić information content (AvgIpc) is 3.67. The maximum atomic E-state index is 15.1. The Bertz CT molecular complexity index is 1740. The number of methoxy groups -OCH3 is 3. The van der Waals surface area contributed by atoms with Gasteiger partial charge in [-0.15, -0.1) is 5.10 Å². The third-order valence-electron chi connectivity index (χ3n) is 7.51. The SMILES string of the molecule is CCn1cc(N2C[C@@H](c3nc4c5cccc(OC)c5nc(NCc5ccc(OC)cc5OC)n4n3)CC(F)(F)C2)cn1. The van der Waals surface area contributed by atoms with Crippen LogP contribution in [0.3, 0.4) is 0 Å². The van der Waals surface area contributed by atoms with E-state index < -0.39 is 11.8 Å². The molecule has 1 aliphatic heterocycles. The number of rotatable bonds is 9. The van der Waals surface area contributed by atoms with Gasteiger partial charge in [-0.1, -0.05) is 6.07 Å². The van der Waals surface area contributed by atoms with Gasteiger partial charge in [0.25, 0.3) is 5.92 Å². The number of ether oxygens (including phenoxy) is 3. The van der Waals surface area contributed by atoms with E-state index in [9.17, 15) is 0 Å². The Morgan fingerprint density at radius 3 is 2.62 bits per heavy atom. The second-order valence-electron chi connectivity index (χ2n) is 10.2. The summed E-state index contributed by atoms with van der Waals surface area (Å²) in [6, 6.07) is 11.1. The van der Waals surface area contributed by atoms with Crippen LogP contribution in [0.4, 0.5) is 20.4 Å². The van der Waals surface area contributed by atoms with E-state index in [0.29, 0.717) is 70.9 Å². The molecule has 42 heavy (non-hydrogen) atoms. The van der Waals surface area contributed by atoms with E-state index in [1.165, 1.54) is 0 Å². The molecule has 0 unspecified atom stereocenters. The molecule has 1 N–H and O–H groups in total. The number of benzene rings is 2. The first-order chi connectivity index (χ1) is 20.3. The van der Waals surface area contributed by atoms with Gasteiger partial charge in [0.1, 0.15) is 22.8 Å². The first-order valence-electron chi connectivity index (χ1n) is 13.7. The van der Waals surface area contributed by atoms with E-state index in [1.54, 1.807) is 53.9 Å². The summed E-state index contributed by atoms with van der Waals surface area (Å²) in [5.41, 5.74) is 2.59. The van der Waals surface area contributed by atoms with Crippen LogP contribution in [-0.2, 0) is 13.1 Å². The number of hydrogen-bond acceptors (Lipinski definition) is 9. The van der Waals surface area contributed by atoms with Gasteiger partial charge in [0.05, 0.1) is 39.8 Å². The van der Waals surface area contributed by atoms with Gasteiger partial charge < -0.3 is 24.4 Å². The van der Waals surface area contributed by atoms with E-state index in [1.807, 2.05) is 37.3 Å². The lowest BCUT2D eigenvalue weighted by atomic mass is 9.94. The summed E-state index contributed by atoms with van der Waals surface area (Å²) >= 11 is 0. The van der Waals surface area contributed by atoms with Crippen molar-refractivity contribution in [3.8, 4) is 17.2 Å². The highest BCUT2D eigenvalue weighted by Gasteiger charge is 2.43. The Hall–Kier alpha value is -4.68. The largest absolute Gasteiger partial charge is 0.497 e. The molecule has 0 saturated carbocycles. The molecule has 1 aliphatic rings. The Morgan fingerprint density at radius 2 is 1.88 bits per heavy atom. The summed E-state index contributed by atoms with van der Waals surface area (Å²) in [6.07, 6.45) is 3.05. The zero-order chi connectivity index (χ0) is 29.4. The normalized spacial score (nSPS) is 16.6. The van der Waals surface area contributed by atoms with Gasteiger partial charge in [-0.05, 0) is 31.2 Å². The van der Waals surface area contributed by atoms with Crippen LogP contribution in [0.2, 0.25) is 0 Å². The van der Waals surface area contributed by atoms with E-state index in [2.05, 4.69) is 10.4 Å². The second kappa shape index (κ2) is 11.0. The van der Waals surface area contributed by atoms with Crippen molar-refractivity contribution in [2.24, 2.45) is 0 Å². The molecule has 0 aliphatic carbocycles. The van der Waals surface area contributed by atoms with Crippen molar-refractivity contribution in [2.75, 3.05) is 44.6 Å². The molecule has 1 atom stereocenters. The maximum Gasteiger partial charge on any atom is 0.266 e. The number of nitrogens with zero attached hydrogens (tertiary/aromatic N) is 7. The van der Waals surface area contributed by atoms with Crippen LogP contribution in [0, 0.1) is 0 Å². The number of piperidine rings is 1. The molecular formula is C29H32F2N8O3. The maximum absolute atomic E-state index is 15.1. The third-order valence-corrected chi connectivity index (χ3v) is 7.51. The highest BCUT2D eigenvalue weighted by atomic mass is 19.3. The third kappa shape index (κ3) is 5.10. The lowest BCUT2D eigenvalue weighted by molar-refractivity contribution is -0.0191. The summed E-state index contributed by atoms with van der Waals surface area (Å²) in [5, 5.41) is 13.1. The Morgan fingerprint density at radius 1 is 1.05 bits per heavy atom. The molecule has 13 heteroatoms. The monoisotopic (exact) mass is 578 g/mol. The molecule has 6 rings (SSSR count). The van der Waals surface area contributed by atoms with Crippen LogP contribution in [-0.4, -0.2) is 69.7 Å². The van der Waals surface area contributed by atoms with Crippen LogP contribution in [0.15, 0.2) is 48.8 Å². The zero-order valence-corrected chi connectivity index (χ0v) is 23.8. The van der Waals surface area contributed by atoms with Gasteiger partial charge in [0.15, 0.2) is 11.5 Å².